The van der Waals surface area contributed by atoms with Gasteiger partial charge in [-0.2, -0.15) is 0 Å². The fourth-order valence-corrected chi connectivity index (χ4v) is 3.18. The van der Waals surface area contributed by atoms with Gasteiger partial charge in [-0.15, -0.1) is 0 Å². The molecule has 2 heteroatoms. The molecule has 90 valence electrons. The van der Waals surface area contributed by atoms with Crippen LogP contribution in [0.15, 0.2) is 24.3 Å². The van der Waals surface area contributed by atoms with Gasteiger partial charge in [0.1, 0.15) is 5.75 Å². The molecule has 2 unspecified atom stereocenters. The van der Waals surface area contributed by atoms with Crippen LogP contribution in [0.1, 0.15) is 30.9 Å². The van der Waals surface area contributed by atoms with E-state index < -0.39 is 0 Å². The van der Waals surface area contributed by atoms with Crippen molar-refractivity contribution in [3.05, 3.63) is 35.4 Å². The molecule has 0 aliphatic heterocycles. The van der Waals surface area contributed by atoms with Gasteiger partial charge in [0.05, 0.1) is 13.2 Å². The van der Waals surface area contributed by atoms with Crippen LogP contribution in [0.4, 0.5) is 0 Å². The van der Waals surface area contributed by atoms with Crippen LogP contribution in [0.5, 0.6) is 5.75 Å². The third kappa shape index (κ3) is 1.44. The average Bonchev–Trinajstić information content (AvgIpc) is 2.65. The second-order valence-electron chi connectivity index (χ2n) is 5.31. The molecule has 3 rings (SSSR count). The molecular weight excluding hydrogens is 212 g/mol. The fraction of sp³-hybridized carbons (Fsp3) is 0.467. The number of aliphatic hydroxyl groups is 1. The summed E-state index contributed by atoms with van der Waals surface area (Å²) < 4.78 is 5.27. The number of rotatable bonds is 1. The second kappa shape index (κ2) is 3.61. The number of methoxy groups -OCH3 is 1. The molecule has 2 nitrogen and oxygen atoms in total. The van der Waals surface area contributed by atoms with Gasteiger partial charge in [-0.25, -0.2) is 0 Å². The molecule has 0 heterocycles. The normalized spacial score (nSPS) is 30.5. The lowest BCUT2D eigenvalue weighted by Gasteiger charge is -2.37. The van der Waals surface area contributed by atoms with Gasteiger partial charge in [-0.05, 0) is 48.1 Å². The standard InChI is InChI=1S/C15H18O2/c1-15-8-7-10-9-11(17-2)3-4-12(10)13(15)5-6-14(15)16/h3-5,9,14,16H,6-8H2,1-2H3. The third-order valence-corrected chi connectivity index (χ3v) is 4.41. The van der Waals surface area contributed by atoms with Crippen LogP contribution >= 0.6 is 0 Å². The Kier molecular flexibility index (Phi) is 2.30. The van der Waals surface area contributed by atoms with Crippen molar-refractivity contribution in [3.63, 3.8) is 0 Å². The maximum atomic E-state index is 10.1. The Morgan fingerprint density at radius 3 is 3.00 bits per heavy atom. The van der Waals surface area contributed by atoms with Crippen LogP contribution in [0.3, 0.4) is 0 Å². The summed E-state index contributed by atoms with van der Waals surface area (Å²) in [6.45, 7) is 2.18. The zero-order valence-corrected chi connectivity index (χ0v) is 10.4. The monoisotopic (exact) mass is 230 g/mol. The zero-order chi connectivity index (χ0) is 12.0. The molecule has 2 atom stereocenters. The van der Waals surface area contributed by atoms with Gasteiger partial charge >= 0.3 is 0 Å². The van der Waals surface area contributed by atoms with Gasteiger partial charge in [0.15, 0.2) is 0 Å². The Labute approximate surface area is 102 Å². The first-order chi connectivity index (χ1) is 8.15. The van der Waals surface area contributed by atoms with Crippen molar-refractivity contribution in [3.8, 4) is 5.75 Å². The van der Waals surface area contributed by atoms with Crippen LogP contribution in [0, 0.1) is 5.41 Å². The van der Waals surface area contributed by atoms with Crippen LogP contribution in [-0.2, 0) is 6.42 Å². The summed E-state index contributed by atoms with van der Waals surface area (Å²) in [6.07, 6.45) is 4.83. The van der Waals surface area contributed by atoms with Crippen LogP contribution in [0.25, 0.3) is 5.57 Å². The Morgan fingerprint density at radius 1 is 1.41 bits per heavy atom. The molecule has 1 N–H and O–H groups in total. The Balaban J connectivity index is 2.09. The highest BCUT2D eigenvalue weighted by Gasteiger charge is 2.43. The minimum atomic E-state index is -0.215. The van der Waals surface area contributed by atoms with E-state index in [0.717, 1.165) is 25.0 Å². The van der Waals surface area contributed by atoms with E-state index in [1.807, 2.05) is 6.07 Å². The van der Waals surface area contributed by atoms with Gasteiger partial charge in [0, 0.05) is 5.41 Å². The topological polar surface area (TPSA) is 29.5 Å². The number of ether oxygens (including phenoxy) is 1. The minimum absolute atomic E-state index is 0.0401. The van der Waals surface area contributed by atoms with Gasteiger partial charge < -0.3 is 9.84 Å². The lowest BCUT2D eigenvalue weighted by molar-refractivity contribution is 0.0826. The predicted molar refractivity (Wildman–Crippen MR) is 68.0 cm³/mol. The molecule has 1 aromatic carbocycles. The van der Waals surface area contributed by atoms with E-state index in [0.29, 0.717) is 0 Å². The quantitative estimate of drug-likeness (QED) is 0.804. The third-order valence-electron chi connectivity index (χ3n) is 4.41. The summed E-state index contributed by atoms with van der Waals surface area (Å²) in [4.78, 5) is 0. The summed E-state index contributed by atoms with van der Waals surface area (Å²) in [5.74, 6) is 0.923. The molecule has 2 aliphatic rings. The molecule has 17 heavy (non-hydrogen) atoms. The first kappa shape index (κ1) is 10.8. The molecule has 0 saturated carbocycles. The Morgan fingerprint density at radius 2 is 2.24 bits per heavy atom. The number of hydrogen-bond acceptors (Lipinski definition) is 2. The summed E-state index contributed by atoms with van der Waals surface area (Å²) >= 11 is 0. The van der Waals surface area contributed by atoms with Gasteiger partial charge in [-0.3, -0.25) is 0 Å². The average molecular weight is 230 g/mol. The van der Waals surface area contributed by atoms with Crippen molar-refractivity contribution in [2.75, 3.05) is 7.11 Å². The van der Waals surface area contributed by atoms with E-state index in [1.165, 1.54) is 16.7 Å². The van der Waals surface area contributed by atoms with Crippen LogP contribution < -0.4 is 4.74 Å². The first-order valence-corrected chi connectivity index (χ1v) is 6.21. The fourth-order valence-electron chi connectivity index (χ4n) is 3.18. The number of benzene rings is 1. The highest BCUT2D eigenvalue weighted by atomic mass is 16.5. The summed E-state index contributed by atoms with van der Waals surface area (Å²) in [7, 11) is 1.70. The van der Waals surface area contributed by atoms with Crippen molar-refractivity contribution in [1.82, 2.24) is 0 Å². The molecule has 0 radical (unpaired) electrons. The first-order valence-electron chi connectivity index (χ1n) is 6.21. The van der Waals surface area contributed by atoms with Crippen LogP contribution in [-0.4, -0.2) is 18.3 Å². The predicted octanol–water partition coefficient (Wildman–Crippen LogP) is 2.80. The Hall–Kier alpha value is -1.28. The molecule has 0 saturated heterocycles. The molecule has 1 aromatic rings. The van der Waals surface area contributed by atoms with Gasteiger partial charge in [-0.1, -0.05) is 19.1 Å². The summed E-state index contributed by atoms with van der Waals surface area (Å²) in [6, 6.07) is 6.27. The number of aryl methyl sites for hydroxylation is 1. The molecule has 0 amide bonds. The molecule has 0 bridgehead atoms. The molecule has 0 aromatic heterocycles. The molecule has 0 spiro atoms. The van der Waals surface area contributed by atoms with Gasteiger partial charge in [0.25, 0.3) is 0 Å². The smallest absolute Gasteiger partial charge is 0.119 e. The highest BCUT2D eigenvalue weighted by Crippen LogP contribution is 2.52. The van der Waals surface area contributed by atoms with E-state index >= 15 is 0 Å². The maximum Gasteiger partial charge on any atom is 0.119 e. The summed E-state index contributed by atoms with van der Waals surface area (Å²) in [5.41, 5.74) is 3.94. The van der Waals surface area contributed by atoms with Crippen LogP contribution in [0.2, 0.25) is 0 Å². The van der Waals surface area contributed by atoms with Gasteiger partial charge in [0.2, 0.25) is 0 Å². The number of hydrogen-bond donors (Lipinski definition) is 1. The second-order valence-corrected chi connectivity index (χ2v) is 5.31. The van der Waals surface area contributed by atoms with Crippen molar-refractivity contribution >= 4 is 5.57 Å². The van der Waals surface area contributed by atoms with E-state index in [2.05, 4.69) is 25.1 Å². The van der Waals surface area contributed by atoms with E-state index in [1.54, 1.807) is 7.11 Å². The van der Waals surface area contributed by atoms with Crippen molar-refractivity contribution < 1.29 is 9.84 Å². The highest BCUT2D eigenvalue weighted by molar-refractivity contribution is 5.77. The molecular formula is C15H18O2. The van der Waals surface area contributed by atoms with E-state index in [-0.39, 0.29) is 11.5 Å². The van der Waals surface area contributed by atoms with E-state index in [9.17, 15) is 5.11 Å². The van der Waals surface area contributed by atoms with Crippen molar-refractivity contribution in [2.24, 2.45) is 5.41 Å². The minimum Gasteiger partial charge on any atom is -0.497 e. The van der Waals surface area contributed by atoms with Crippen molar-refractivity contribution in [1.29, 1.82) is 0 Å². The van der Waals surface area contributed by atoms with E-state index in [4.69, 9.17) is 4.74 Å². The lowest BCUT2D eigenvalue weighted by atomic mass is 9.69. The Bertz CT molecular complexity index is 490. The zero-order valence-electron chi connectivity index (χ0n) is 10.4. The summed E-state index contributed by atoms with van der Waals surface area (Å²) in [5, 5.41) is 10.1. The maximum absolute atomic E-state index is 10.1. The number of aliphatic hydroxyl groups excluding tert-OH is 1. The number of fused-ring (bicyclic) bond motifs is 3. The molecule has 0 fully saturated rings. The van der Waals surface area contributed by atoms with Crippen molar-refractivity contribution in [2.45, 2.75) is 32.3 Å². The lowest BCUT2D eigenvalue weighted by Crippen LogP contribution is -2.32. The molecule has 2 aliphatic carbocycles. The SMILES string of the molecule is COc1ccc2c(c1)CCC1(C)C2=CCC1O. The largest absolute Gasteiger partial charge is 0.497 e.